The third kappa shape index (κ3) is 2.83. The molecule has 0 aliphatic carbocycles. The summed E-state index contributed by atoms with van der Waals surface area (Å²) in [4.78, 5) is 0. The van der Waals surface area contributed by atoms with E-state index >= 15 is 0 Å². The Morgan fingerprint density at radius 1 is 1.37 bits per heavy atom. The van der Waals surface area contributed by atoms with Crippen molar-refractivity contribution in [2.24, 2.45) is 0 Å². The van der Waals surface area contributed by atoms with Gasteiger partial charge >= 0.3 is 0 Å². The number of halogens is 2. The van der Waals surface area contributed by atoms with Gasteiger partial charge in [-0.3, -0.25) is 0 Å². The van der Waals surface area contributed by atoms with Crippen LogP contribution in [-0.4, -0.2) is 14.2 Å². The van der Waals surface area contributed by atoms with Crippen LogP contribution >= 0.6 is 31.9 Å². The lowest BCUT2D eigenvalue weighted by molar-refractivity contribution is 0.412. The van der Waals surface area contributed by atoms with E-state index in [9.17, 15) is 0 Å². The molecule has 0 spiro atoms. The zero-order valence-electron chi connectivity index (χ0n) is 11.2. The van der Waals surface area contributed by atoms with Crippen LogP contribution in [0.15, 0.2) is 25.5 Å². The van der Waals surface area contributed by atoms with Gasteiger partial charge in [0.1, 0.15) is 17.1 Å². The van der Waals surface area contributed by atoms with Crippen LogP contribution in [0.1, 0.15) is 31.6 Å². The Morgan fingerprint density at radius 3 is 2.68 bits per heavy atom. The van der Waals surface area contributed by atoms with Gasteiger partial charge in [-0.2, -0.15) is 0 Å². The highest BCUT2D eigenvalue weighted by Gasteiger charge is 2.18. The number of methoxy groups -OCH3 is 1. The van der Waals surface area contributed by atoms with Gasteiger partial charge in [0.2, 0.25) is 0 Å². The summed E-state index contributed by atoms with van der Waals surface area (Å²) in [5, 5.41) is 4.32. The number of ether oxygens (including phenoxy) is 1. The van der Waals surface area contributed by atoms with Gasteiger partial charge in [0.05, 0.1) is 22.1 Å². The lowest BCUT2D eigenvalue weighted by Gasteiger charge is -2.11. The van der Waals surface area contributed by atoms with Crippen molar-refractivity contribution in [2.75, 3.05) is 14.2 Å². The molecular weight excluding hydrogens is 374 g/mol. The quantitative estimate of drug-likeness (QED) is 0.777. The lowest BCUT2D eigenvalue weighted by atomic mass is 10.1. The van der Waals surface area contributed by atoms with E-state index < -0.39 is 0 Å². The summed E-state index contributed by atoms with van der Waals surface area (Å²) >= 11 is 7.10. The first-order valence-corrected chi connectivity index (χ1v) is 7.83. The molecule has 2 aromatic rings. The van der Waals surface area contributed by atoms with E-state index in [4.69, 9.17) is 9.15 Å². The Hall–Kier alpha value is -0.520. The highest BCUT2D eigenvalue weighted by Crippen LogP contribution is 2.41. The van der Waals surface area contributed by atoms with Crippen molar-refractivity contribution in [3.63, 3.8) is 0 Å². The second kappa shape index (κ2) is 6.29. The maximum Gasteiger partial charge on any atom is 0.149 e. The van der Waals surface area contributed by atoms with Crippen molar-refractivity contribution in [3.05, 3.63) is 26.8 Å². The largest absolute Gasteiger partial charge is 0.496 e. The summed E-state index contributed by atoms with van der Waals surface area (Å²) in [6.07, 6.45) is 2.15. The Morgan fingerprint density at radius 2 is 2.11 bits per heavy atom. The fourth-order valence-corrected chi connectivity index (χ4v) is 3.24. The third-order valence-corrected chi connectivity index (χ3v) is 4.57. The van der Waals surface area contributed by atoms with Gasteiger partial charge in [0.25, 0.3) is 0 Å². The first kappa shape index (κ1) is 14.9. The normalized spacial score (nSPS) is 12.9. The van der Waals surface area contributed by atoms with E-state index in [2.05, 4.69) is 50.2 Å². The summed E-state index contributed by atoms with van der Waals surface area (Å²) in [5.74, 6) is 1.75. The molecule has 0 aliphatic rings. The molecule has 1 aromatic carbocycles. The summed E-state index contributed by atoms with van der Waals surface area (Å²) in [6.45, 7) is 2.17. The minimum Gasteiger partial charge on any atom is -0.496 e. The molecule has 104 valence electrons. The average Bonchev–Trinajstić information content (AvgIpc) is 2.85. The Bertz CT molecular complexity index is 580. The van der Waals surface area contributed by atoms with Gasteiger partial charge in [-0.15, -0.1) is 0 Å². The van der Waals surface area contributed by atoms with Gasteiger partial charge in [0, 0.05) is 5.39 Å². The minimum absolute atomic E-state index is 0.238. The van der Waals surface area contributed by atoms with E-state index in [0.29, 0.717) is 0 Å². The molecule has 2 rings (SSSR count). The third-order valence-electron chi connectivity index (χ3n) is 3.17. The second-order valence-corrected chi connectivity index (χ2v) is 6.04. The van der Waals surface area contributed by atoms with Gasteiger partial charge in [0.15, 0.2) is 0 Å². The molecule has 0 radical (unpaired) electrons. The van der Waals surface area contributed by atoms with Crippen LogP contribution in [-0.2, 0) is 0 Å². The smallest absolute Gasteiger partial charge is 0.149 e. The van der Waals surface area contributed by atoms with E-state index in [-0.39, 0.29) is 6.04 Å². The number of benzene rings is 1. The van der Waals surface area contributed by atoms with Gasteiger partial charge in [-0.25, -0.2) is 0 Å². The zero-order chi connectivity index (χ0) is 14.0. The van der Waals surface area contributed by atoms with Crippen LogP contribution in [0, 0.1) is 0 Å². The van der Waals surface area contributed by atoms with Crippen LogP contribution in [0.25, 0.3) is 11.0 Å². The Labute approximate surface area is 129 Å². The van der Waals surface area contributed by atoms with Crippen LogP contribution in [0.4, 0.5) is 0 Å². The number of nitrogens with one attached hydrogen (secondary N) is 1. The molecule has 19 heavy (non-hydrogen) atoms. The zero-order valence-corrected chi connectivity index (χ0v) is 14.4. The molecule has 1 heterocycles. The number of hydrogen-bond acceptors (Lipinski definition) is 3. The van der Waals surface area contributed by atoms with Gasteiger partial charge in [-0.1, -0.05) is 13.3 Å². The number of fused-ring (bicyclic) bond motifs is 1. The minimum atomic E-state index is 0.238. The van der Waals surface area contributed by atoms with Crippen LogP contribution < -0.4 is 10.1 Å². The molecule has 0 bridgehead atoms. The van der Waals surface area contributed by atoms with E-state index in [0.717, 1.165) is 44.3 Å². The number of furan rings is 1. The Balaban J connectivity index is 2.56. The first-order chi connectivity index (χ1) is 9.12. The van der Waals surface area contributed by atoms with Crippen molar-refractivity contribution in [2.45, 2.75) is 25.8 Å². The maximum atomic E-state index is 5.99. The molecule has 1 unspecified atom stereocenters. The number of hydrogen-bond donors (Lipinski definition) is 1. The molecular formula is C14H17Br2NO2. The van der Waals surface area contributed by atoms with Crippen molar-refractivity contribution in [1.29, 1.82) is 0 Å². The van der Waals surface area contributed by atoms with Crippen LogP contribution in [0.5, 0.6) is 5.75 Å². The predicted octanol–water partition coefficient (Wildman–Crippen LogP) is 5.03. The topological polar surface area (TPSA) is 34.4 Å². The van der Waals surface area contributed by atoms with Gasteiger partial charge < -0.3 is 14.5 Å². The van der Waals surface area contributed by atoms with Crippen LogP contribution in [0.3, 0.4) is 0 Å². The van der Waals surface area contributed by atoms with Crippen molar-refractivity contribution in [3.8, 4) is 5.75 Å². The fraction of sp³-hybridized carbons (Fsp3) is 0.429. The van der Waals surface area contributed by atoms with E-state index in [1.54, 1.807) is 7.11 Å². The SMILES string of the molecule is CCCC(NC)c1cc2c(Br)c(OC)cc(Br)c2o1. The molecule has 5 heteroatoms. The molecule has 1 N–H and O–H groups in total. The predicted molar refractivity (Wildman–Crippen MR) is 84.9 cm³/mol. The molecule has 3 nitrogen and oxygen atoms in total. The standard InChI is InChI=1S/C14H17Br2NO2/c1-4-5-10(17-2)11-6-8-13(16)12(18-3)7-9(15)14(8)19-11/h6-7,10,17H,4-5H2,1-3H3. The summed E-state index contributed by atoms with van der Waals surface area (Å²) in [5.41, 5.74) is 0.846. The van der Waals surface area contributed by atoms with Crippen molar-refractivity contribution in [1.82, 2.24) is 5.32 Å². The summed E-state index contributed by atoms with van der Waals surface area (Å²) in [7, 11) is 3.62. The molecule has 0 saturated heterocycles. The van der Waals surface area contributed by atoms with Crippen LogP contribution in [0.2, 0.25) is 0 Å². The summed E-state index contributed by atoms with van der Waals surface area (Å²) < 4.78 is 13.2. The first-order valence-electron chi connectivity index (χ1n) is 6.25. The summed E-state index contributed by atoms with van der Waals surface area (Å²) in [6, 6.07) is 4.22. The van der Waals surface area contributed by atoms with E-state index in [1.807, 2.05) is 13.1 Å². The van der Waals surface area contributed by atoms with Crippen molar-refractivity contribution >= 4 is 42.8 Å². The second-order valence-electron chi connectivity index (χ2n) is 4.40. The molecule has 1 aromatic heterocycles. The van der Waals surface area contributed by atoms with Crippen molar-refractivity contribution < 1.29 is 9.15 Å². The lowest BCUT2D eigenvalue weighted by Crippen LogP contribution is -2.15. The van der Waals surface area contributed by atoms with Gasteiger partial charge in [-0.05, 0) is 57.5 Å². The van der Waals surface area contributed by atoms with E-state index in [1.165, 1.54) is 0 Å². The Kier molecular flexibility index (Phi) is 4.92. The molecule has 0 fully saturated rings. The molecule has 0 aliphatic heterocycles. The molecule has 0 saturated carbocycles. The molecule has 1 atom stereocenters. The highest BCUT2D eigenvalue weighted by molar-refractivity contribution is 9.11. The average molecular weight is 391 g/mol. The highest BCUT2D eigenvalue weighted by atomic mass is 79.9. The molecule has 0 amide bonds. The monoisotopic (exact) mass is 389 g/mol. The maximum absolute atomic E-state index is 5.99. The fourth-order valence-electron chi connectivity index (χ4n) is 2.17. The number of rotatable bonds is 5.